The molecular formula is C15H24N2O. The van der Waals surface area contributed by atoms with Gasteiger partial charge < -0.3 is 15.0 Å². The van der Waals surface area contributed by atoms with E-state index < -0.39 is 0 Å². The summed E-state index contributed by atoms with van der Waals surface area (Å²) in [5.41, 5.74) is 2.45. The van der Waals surface area contributed by atoms with E-state index in [0.717, 1.165) is 0 Å². The lowest BCUT2D eigenvalue weighted by atomic mass is 10.1. The van der Waals surface area contributed by atoms with Crippen LogP contribution in [0.2, 0.25) is 0 Å². The Morgan fingerprint density at radius 2 is 2.22 bits per heavy atom. The Bertz CT molecular complexity index is 367. The predicted molar refractivity (Wildman–Crippen MR) is 75.9 cm³/mol. The quantitative estimate of drug-likeness (QED) is 0.886. The number of nitrogens with one attached hydrogen (secondary N) is 1. The Balaban J connectivity index is 1.93. The summed E-state index contributed by atoms with van der Waals surface area (Å²) in [5.74, 6) is 0. The number of likely N-dealkylation sites (tertiary alicyclic amines) is 1. The lowest BCUT2D eigenvalue weighted by Gasteiger charge is -2.18. The first-order valence-corrected chi connectivity index (χ1v) is 6.81. The smallest absolute Gasteiger partial charge is 0.0713 e. The van der Waals surface area contributed by atoms with Gasteiger partial charge in [0.25, 0.3) is 0 Å². The predicted octanol–water partition coefficient (Wildman–Crippen LogP) is 2.73. The highest BCUT2D eigenvalue weighted by atomic mass is 16.5. The minimum Gasteiger partial charge on any atom is -0.382 e. The summed E-state index contributed by atoms with van der Waals surface area (Å²) in [7, 11) is 3.95. The summed E-state index contributed by atoms with van der Waals surface area (Å²) in [6, 6.07) is 9.15. The van der Waals surface area contributed by atoms with E-state index in [1.54, 1.807) is 7.11 Å². The molecule has 2 rings (SSSR count). The second-order valence-corrected chi connectivity index (χ2v) is 5.21. The minimum absolute atomic E-state index is 0.604. The molecule has 0 aliphatic carbocycles. The molecule has 100 valence electrons. The van der Waals surface area contributed by atoms with Gasteiger partial charge in [0.15, 0.2) is 0 Å². The average Bonchev–Trinajstić information content (AvgIpc) is 2.56. The largest absolute Gasteiger partial charge is 0.382 e. The van der Waals surface area contributed by atoms with Gasteiger partial charge in [0.1, 0.15) is 0 Å². The average molecular weight is 248 g/mol. The van der Waals surface area contributed by atoms with Crippen LogP contribution in [0.25, 0.3) is 0 Å². The number of benzene rings is 1. The topological polar surface area (TPSA) is 24.5 Å². The summed E-state index contributed by atoms with van der Waals surface area (Å²) in [6.07, 6.45) is 3.77. The first-order chi connectivity index (χ1) is 8.78. The van der Waals surface area contributed by atoms with E-state index in [1.807, 2.05) is 0 Å². The van der Waals surface area contributed by atoms with E-state index in [1.165, 1.54) is 43.6 Å². The van der Waals surface area contributed by atoms with Crippen molar-refractivity contribution < 1.29 is 4.74 Å². The highest BCUT2D eigenvalue weighted by molar-refractivity contribution is 5.46. The van der Waals surface area contributed by atoms with Crippen LogP contribution in [-0.4, -0.2) is 38.2 Å². The van der Waals surface area contributed by atoms with Crippen molar-refractivity contribution in [3.63, 3.8) is 0 Å². The summed E-state index contributed by atoms with van der Waals surface area (Å²) in [6.45, 7) is 3.10. The number of rotatable bonds is 4. The van der Waals surface area contributed by atoms with Crippen molar-refractivity contribution in [3.8, 4) is 0 Å². The van der Waals surface area contributed by atoms with Crippen LogP contribution in [0.1, 0.15) is 24.8 Å². The second-order valence-electron chi connectivity index (χ2n) is 5.21. The summed E-state index contributed by atoms with van der Waals surface area (Å²) in [5, 5.41) is 3.66. The molecule has 1 aliphatic rings. The molecule has 1 unspecified atom stereocenters. The van der Waals surface area contributed by atoms with Gasteiger partial charge in [0, 0.05) is 18.8 Å². The number of anilines is 1. The summed E-state index contributed by atoms with van der Waals surface area (Å²) >= 11 is 0. The number of ether oxygens (including phenoxy) is 1. The van der Waals surface area contributed by atoms with Crippen molar-refractivity contribution in [2.24, 2.45) is 0 Å². The van der Waals surface area contributed by atoms with E-state index in [0.29, 0.717) is 12.6 Å². The van der Waals surface area contributed by atoms with Gasteiger partial charge in [-0.1, -0.05) is 12.1 Å². The lowest BCUT2D eigenvalue weighted by Crippen LogP contribution is -2.23. The van der Waals surface area contributed by atoms with Crippen LogP contribution in [0.15, 0.2) is 24.3 Å². The number of hydrogen-bond acceptors (Lipinski definition) is 3. The normalized spacial score (nSPS) is 21.6. The standard InChI is InChI=1S/C15H24N2O/c1-17-9-4-7-14(8-10-17)16-15-6-3-5-13(11-15)12-18-2/h3,5-6,11,14,16H,4,7-10,12H2,1-2H3. The molecule has 0 spiro atoms. The van der Waals surface area contributed by atoms with Crippen molar-refractivity contribution in [1.82, 2.24) is 4.90 Å². The molecule has 3 heteroatoms. The maximum absolute atomic E-state index is 5.17. The molecule has 1 saturated heterocycles. The van der Waals surface area contributed by atoms with Gasteiger partial charge in [-0.3, -0.25) is 0 Å². The van der Waals surface area contributed by atoms with Crippen molar-refractivity contribution in [1.29, 1.82) is 0 Å². The van der Waals surface area contributed by atoms with Gasteiger partial charge in [0.2, 0.25) is 0 Å². The molecule has 1 atom stereocenters. The fourth-order valence-electron chi connectivity index (χ4n) is 2.54. The molecule has 1 aromatic carbocycles. The molecule has 0 aromatic heterocycles. The van der Waals surface area contributed by atoms with E-state index in [2.05, 4.69) is 41.5 Å². The molecule has 0 amide bonds. The highest BCUT2D eigenvalue weighted by Crippen LogP contribution is 2.17. The van der Waals surface area contributed by atoms with Gasteiger partial charge in [-0.15, -0.1) is 0 Å². The Labute approximate surface area is 110 Å². The van der Waals surface area contributed by atoms with Crippen molar-refractivity contribution >= 4 is 5.69 Å². The Morgan fingerprint density at radius 1 is 1.33 bits per heavy atom. The molecule has 3 nitrogen and oxygen atoms in total. The number of nitrogens with zero attached hydrogens (tertiary/aromatic N) is 1. The van der Waals surface area contributed by atoms with Crippen LogP contribution < -0.4 is 5.32 Å². The zero-order chi connectivity index (χ0) is 12.8. The molecule has 1 N–H and O–H groups in total. The van der Waals surface area contributed by atoms with Gasteiger partial charge in [0.05, 0.1) is 6.61 Å². The van der Waals surface area contributed by atoms with Crippen molar-refractivity contribution in [3.05, 3.63) is 29.8 Å². The van der Waals surface area contributed by atoms with E-state index in [9.17, 15) is 0 Å². The molecular weight excluding hydrogens is 224 g/mol. The number of methoxy groups -OCH3 is 1. The van der Waals surface area contributed by atoms with E-state index >= 15 is 0 Å². The molecule has 1 fully saturated rings. The lowest BCUT2D eigenvalue weighted by molar-refractivity contribution is 0.185. The fourth-order valence-corrected chi connectivity index (χ4v) is 2.54. The Hall–Kier alpha value is -1.06. The van der Waals surface area contributed by atoms with Gasteiger partial charge >= 0.3 is 0 Å². The molecule has 18 heavy (non-hydrogen) atoms. The monoisotopic (exact) mass is 248 g/mol. The third kappa shape index (κ3) is 4.00. The van der Waals surface area contributed by atoms with Gasteiger partial charge in [-0.05, 0) is 57.1 Å². The van der Waals surface area contributed by atoms with Crippen LogP contribution in [-0.2, 0) is 11.3 Å². The number of hydrogen-bond donors (Lipinski definition) is 1. The molecule has 0 saturated carbocycles. The van der Waals surface area contributed by atoms with Crippen molar-refractivity contribution in [2.75, 3.05) is 32.6 Å². The van der Waals surface area contributed by atoms with Crippen LogP contribution in [0.3, 0.4) is 0 Å². The van der Waals surface area contributed by atoms with Gasteiger partial charge in [-0.2, -0.15) is 0 Å². The third-order valence-corrected chi connectivity index (χ3v) is 3.56. The first kappa shape index (κ1) is 13.4. The van der Waals surface area contributed by atoms with Gasteiger partial charge in [-0.25, -0.2) is 0 Å². The van der Waals surface area contributed by atoms with Crippen LogP contribution >= 0.6 is 0 Å². The molecule has 0 bridgehead atoms. The molecule has 0 radical (unpaired) electrons. The van der Waals surface area contributed by atoms with Crippen LogP contribution in [0, 0.1) is 0 Å². The van der Waals surface area contributed by atoms with E-state index in [-0.39, 0.29) is 0 Å². The SMILES string of the molecule is COCc1cccc(NC2CCCN(C)CC2)c1. The molecule has 1 aromatic rings. The Morgan fingerprint density at radius 3 is 3.06 bits per heavy atom. The fraction of sp³-hybridized carbons (Fsp3) is 0.600. The summed E-state index contributed by atoms with van der Waals surface area (Å²) in [4.78, 5) is 2.42. The van der Waals surface area contributed by atoms with E-state index in [4.69, 9.17) is 4.74 Å². The maximum atomic E-state index is 5.17. The highest BCUT2D eigenvalue weighted by Gasteiger charge is 2.14. The van der Waals surface area contributed by atoms with Crippen molar-refractivity contribution in [2.45, 2.75) is 31.9 Å². The zero-order valence-corrected chi connectivity index (χ0v) is 11.5. The van der Waals surface area contributed by atoms with Crippen LogP contribution in [0.4, 0.5) is 5.69 Å². The zero-order valence-electron chi connectivity index (χ0n) is 11.5. The van der Waals surface area contributed by atoms with Crippen LogP contribution in [0.5, 0.6) is 0 Å². The first-order valence-electron chi connectivity index (χ1n) is 6.81. The minimum atomic E-state index is 0.604. The summed E-state index contributed by atoms with van der Waals surface area (Å²) < 4.78 is 5.17. The maximum Gasteiger partial charge on any atom is 0.0713 e. The Kier molecular flexibility index (Phi) is 5.02. The molecule has 1 aliphatic heterocycles. The third-order valence-electron chi connectivity index (χ3n) is 3.56. The molecule has 1 heterocycles. The second kappa shape index (κ2) is 6.76.